The average Bonchev–Trinajstić information content (AvgIpc) is 2.38. The lowest BCUT2D eigenvalue weighted by atomic mass is 10.0. The summed E-state index contributed by atoms with van der Waals surface area (Å²) in [6.45, 7) is 1.45. The van der Waals surface area contributed by atoms with Crippen molar-refractivity contribution < 1.29 is 8.81 Å². The summed E-state index contributed by atoms with van der Waals surface area (Å²) in [7, 11) is 0. The Labute approximate surface area is 103 Å². The third-order valence-corrected chi connectivity index (χ3v) is 3.10. The number of hydrogen-bond donors (Lipinski definition) is 0. The van der Waals surface area contributed by atoms with Crippen LogP contribution >= 0.6 is 0 Å². The Morgan fingerprint density at radius 2 is 1.83 bits per heavy atom. The molecule has 3 aromatic rings. The highest BCUT2D eigenvalue weighted by Crippen LogP contribution is 2.26. The van der Waals surface area contributed by atoms with Gasteiger partial charge in [-0.3, -0.25) is 0 Å². The van der Waals surface area contributed by atoms with Gasteiger partial charge in [0.2, 0.25) is 0 Å². The third-order valence-electron chi connectivity index (χ3n) is 3.10. The van der Waals surface area contributed by atoms with Gasteiger partial charge in [0.05, 0.1) is 5.39 Å². The molecule has 18 heavy (non-hydrogen) atoms. The summed E-state index contributed by atoms with van der Waals surface area (Å²) in [6.07, 6.45) is -1.10. The number of alkyl halides is 1. The Morgan fingerprint density at radius 1 is 1.06 bits per heavy atom. The van der Waals surface area contributed by atoms with Crippen LogP contribution in [-0.4, -0.2) is 0 Å². The molecule has 0 aliphatic rings. The fraction of sp³-hybridized carbons (Fsp3) is 0.133. The first-order chi connectivity index (χ1) is 8.66. The number of fused-ring (bicyclic) bond motifs is 3. The lowest BCUT2D eigenvalue weighted by Gasteiger charge is -2.05. The highest BCUT2D eigenvalue weighted by molar-refractivity contribution is 6.04. The molecule has 1 heterocycles. The predicted octanol–water partition coefficient (Wildman–Crippen LogP) is 3.98. The molecule has 0 fully saturated rings. The van der Waals surface area contributed by atoms with E-state index in [0.29, 0.717) is 16.5 Å². The van der Waals surface area contributed by atoms with E-state index in [1.807, 2.05) is 18.2 Å². The van der Waals surface area contributed by atoms with Crippen LogP contribution in [0.5, 0.6) is 0 Å². The largest absolute Gasteiger partial charge is 0.422 e. The Morgan fingerprint density at radius 3 is 2.61 bits per heavy atom. The topological polar surface area (TPSA) is 30.2 Å². The normalized spacial score (nSPS) is 13.0. The minimum absolute atomic E-state index is 0.425. The van der Waals surface area contributed by atoms with Gasteiger partial charge < -0.3 is 4.42 Å². The number of rotatable bonds is 1. The van der Waals surface area contributed by atoms with Gasteiger partial charge in [-0.2, -0.15) is 0 Å². The van der Waals surface area contributed by atoms with E-state index in [0.717, 1.165) is 10.8 Å². The van der Waals surface area contributed by atoms with Crippen molar-refractivity contribution >= 4 is 21.7 Å². The van der Waals surface area contributed by atoms with Gasteiger partial charge in [0.15, 0.2) is 0 Å². The van der Waals surface area contributed by atoms with Crippen LogP contribution in [0.3, 0.4) is 0 Å². The van der Waals surface area contributed by atoms with Gasteiger partial charge >= 0.3 is 5.63 Å². The van der Waals surface area contributed by atoms with Crippen LogP contribution in [0.4, 0.5) is 4.39 Å². The van der Waals surface area contributed by atoms with Crippen LogP contribution in [0.25, 0.3) is 21.7 Å². The number of benzene rings is 2. The lowest BCUT2D eigenvalue weighted by molar-refractivity contribution is 0.374. The SMILES string of the molecule is CC(F)c1ccc2c(c1)c(=O)oc1ccccc12. The summed E-state index contributed by atoms with van der Waals surface area (Å²) in [5.74, 6) is 0. The van der Waals surface area contributed by atoms with Gasteiger partial charge in [0, 0.05) is 5.39 Å². The quantitative estimate of drug-likeness (QED) is 0.477. The zero-order chi connectivity index (χ0) is 12.7. The van der Waals surface area contributed by atoms with E-state index in [1.54, 1.807) is 24.3 Å². The van der Waals surface area contributed by atoms with Crippen LogP contribution in [-0.2, 0) is 0 Å². The van der Waals surface area contributed by atoms with Gasteiger partial charge in [-0.1, -0.05) is 30.3 Å². The minimum atomic E-state index is -1.10. The van der Waals surface area contributed by atoms with E-state index in [4.69, 9.17) is 4.42 Å². The van der Waals surface area contributed by atoms with Crippen molar-refractivity contribution in [1.82, 2.24) is 0 Å². The summed E-state index contributed by atoms with van der Waals surface area (Å²) in [4.78, 5) is 11.9. The second-order valence-electron chi connectivity index (χ2n) is 4.31. The summed E-state index contributed by atoms with van der Waals surface area (Å²) >= 11 is 0. The summed E-state index contributed by atoms with van der Waals surface area (Å²) < 4.78 is 18.5. The van der Waals surface area contributed by atoms with E-state index in [-0.39, 0.29) is 0 Å². The first kappa shape index (κ1) is 11.0. The molecule has 90 valence electrons. The maximum Gasteiger partial charge on any atom is 0.344 e. The molecule has 0 amide bonds. The molecular weight excluding hydrogens is 231 g/mol. The molecule has 1 aromatic heterocycles. The second kappa shape index (κ2) is 3.95. The van der Waals surface area contributed by atoms with Crippen molar-refractivity contribution in [2.45, 2.75) is 13.1 Å². The van der Waals surface area contributed by atoms with Crippen molar-refractivity contribution in [1.29, 1.82) is 0 Å². The number of para-hydroxylation sites is 1. The predicted molar refractivity (Wildman–Crippen MR) is 69.5 cm³/mol. The maximum atomic E-state index is 13.3. The van der Waals surface area contributed by atoms with E-state index in [1.165, 1.54) is 6.92 Å². The van der Waals surface area contributed by atoms with E-state index >= 15 is 0 Å². The van der Waals surface area contributed by atoms with Crippen LogP contribution in [0.2, 0.25) is 0 Å². The van der Waals surface area contributed by atoms with Gasteiger partial charge in [-0.25, -0.2) is 9.18 Å². The molecule has 1 unspecified atom stereocenters. The monoisotopic (exact) mass is 242 g/mol. The zero-order valence-corrected chi connectivity index (χ0v) is 9.81. The van der Waals surface area contributed by atoms with Crippen molar-refractivity contribution in [3.63, 3.8) is 0 Å². The molecule has 0 N–H and O–H groups in total. The maximum absolute atomic E-state index is 13.3. The Hall–Kier alpha value is -2.16. The second-order valence-corrected chi connectivity index (χ2v) is 4.31. The Bertz CT molecular complexity index is 787. The zero-order valence-electron chi connectivity index (χ0n) is 9.81. The molecule has 0 spiro atoms. The summed E-state index contributed by atoms with van der Waals surface area (Å²) in [5, 5.41) is 2.09. The van der Waals surface area contributed by atoms with Crippen molar-refractivity contribution in [3.8, 4) is 0 Å². The van der Waals surface area contributed by atoms with Gasteiger partial charge in [-0.15, -0.1) is 0 Å². The molecule has 3 rings (SSSR count). The van der Waals surface area contributed by atoms with Crippen LogP contribution < -0.4 is 5.63 Å². The van der Waals surface area contributed by atoms with Crippen LogP contribution in [0.15, 0.2) is 51.7 Å². The molecule has 0 bridgehead atoms. The van der Waals surface area contributed by atoms with Crippen molar-refractivity contribution in [2.75, 3.05) is 0 Å². The summed E-state index contributed by atoms with van der Waals surface area (Å²) in [6, 6.07) is 12.4. The van der Waals surface area contributed by atoms with Gasteiger partial charge in [0.25, 0.3) is 0 Å². The number of hydrogen-bond acceptors (Lipinski definition) is 2. The van der Waals surface area contributed by atoms with Gasteiger partial charge in [0.1, 0.15) is 11.8 Å². The minimum Gasteiger partial charge on any atom is -0.422 e. The standard InChI is InChI=1S/C15H11FO2/c1-9(16)10-6-7-11-12-4-2-3-5-14(12)18-15(17)13(11)8-10/h2-9H,1H3. The lowest BCUT2D eigenvalue weighted by Crippen LogP contribution is -2.00. The molecule has 0 saturated heterocycles. The molecule has 0 radical (unpaired) electrons. The molecule has 1 atom stereocenters. The van der Waals surface area contributed by atoms with Gasteiger partial charge in [-0.05, 0) is 30.0 Å². The van der Waals surface area contributed by atoms with E-state index in [2.05, 4.69) is 0 Å². The highest BCUT2D eigenvalue weighted by atomic mass is 19.1. The summed E-state index contributed by atoms with van der Waals surface area (Å²) in [5.41, 5.74) is 0.618. The Balaban J connectivity index is 2.48. The van der Waals surface area contributed by atoms with E-state index in [9.17, 15) is 9.18 Å². The van der Waals surface area contributed by atoms with Crippen LogP contribution in [0.1, 0.15) is 18.7 Å². The molecule has 2 nitrogen and oxygen atoms in total. The molecule has 3 heteroatoms. The molecule has 0 aliphatic heterocycles. The molecule has 2 aromatic carbocycles. The Kier molecular flexibility index (Phi) is 2.40. The van der Waals surface area contributed by atoms with Crippen LogP contribution in [0, 0.1) is 0 Å². The highest BCUT2D eigenvalue weighted by Gasteiger charge is 2.10. The molecular formula is C15H11FO2. The first-order valence-corrected chi connectivity index (χ1v) is 5.76. The molecule has 0 aliphatic carbocycles. The fourth-order valence-electron chi connectivity index (χ4n) is 2.15. The van der Waals surface area contributed by atoms with Crippen molar-refractivity contribution in [3.05, 3.63) is 58.4 Å². The average molecular weight is 242 g/mol. The molecule has 0 saturated carbocycles. The number of halogens is 1. The smallest absolute Gasteiger partial charge is 0.344 e. The fourth-order valence-corrected chi connectivity index (χ4v) is 2.15. The third kappa shape index (κ3) is 1.59. The van der Waals surface area contributed by atoms with Crippen molar-refractivity contribution in [2.24, 2.45) is 0 Å². The first-order valence-electron chi connectivity index (χ1n) is 5.76. The van der Waals surface area contributed by atoms with E-state index < -0.39 is 11.8 Å².